The molecule has 0 unspecified atom stereocenters. The maximum Gasteiger partial charge on any atom is 0.350 e. The molecule has 0 saturated heterocycles. The van der Waals surface area contributed by atoms with Gasteiger partial charge in [0.1, 0.15) is 4.88 Å². The third kappa shape index (κ3) is 3.05. The number of rotatable bonds is 4. The Kier molecular flexibility index (Phi) is 4.19. The van der Waals surface area contributed by atoms with E-state index in [4.69, 9.17) is 4.74 Å². The highest BCUT2D eigenvalue weighted by molar-refractivity contribution is 7.12. The molecule has 0 atom stereocenters. The second kappa shape index (κ2) is 5.87. The molecular formula is C13H15N3O3S. The third-order valence-electron chi connectivity index (χ3n) is 2.73. The SMILES string of the molecule is COC(=O)c1scc(C)c1NC(=O)Cc1cnn(C)c1. The van der Waals surface area contributed by atoms with Crippen LogP contribution in [0.15, 0.2) is 17.8 Å². The van der Waals surface area contributed by atoms with Gasteiger partial charge in [-0.3, -0.25) is 9.48 Å². The molecule has 106 valence electrons. The number of carbonyl (C=O) groups is 2. The lowest BCUT2D eigenvalue weighted by molar-refractivity contribution is -0.115. The first-order valence-corrected chi connectivity index (χ1v) is 6.83. The van der Waals surface area contributed by atoms with Crippen LogP contribution in [0.5, 0.6) is 0 Å². The first-order valence-electron chi connectivity index (χ1n) is 5.95. The van der Waals surface area contributed by atoms with Crippen molar-refractivity contribution in [3.05, 3.63) is 33.8 Å². The molecule has 0 aliphatic rings. The van der Waals surface area contributed by atoms with Gasteiger partial charge in [-0.25, -0.2) is 4.79 Å². The number of thiophene rings is 1. The van der Waals surface area contributed by atoms with Crippen molar-refractivity contribution in [3.63, 3.8) is 0 Å². The molecule has 0 aliphatic carbocycles. The maximum absolute atomic E-state index is 12.0. The molecular weight excluding hydrogens is 278 g/mol. The van der Waals surface area contributed by atoms with E-state index < -0.39 is 5.97 Å². The van der Waals surface area contributed by atoms with Crippen LogP contribution in [0.2, 0.25) is 0 Å². The Morgan fingerprint density at radius 3 is 2.85 bits per heavy atom. The van der Waals surface area contributed by atoms with Gasteiger partial charge in [0, 0.05) is 13.2 Å². The number of nitrogens with one attached hydrogen (secondary N) is 1. The molecule has 0 saturated carbocycles. The second-order valence-corrected chi connectivity index (χ2v) is 5.24. The van der Waals surface area contributed by atoms with Crippen molar-refractivity contribution in [2.75, 3.05) is 12.4 Å². The molecule has 1 amide bonds. The van der Waals surface area contributed by atoms with E-state index in [1.165, 1.54) is 18.4 Å². The number of carbonyl (C=O) groups excluding carboxylic acids is 2. The molecule has 1 N–H and O–H groups in total. The Hall–Kier alpha value is -2.15. The minimum absolute atomic E-state index is 0.190. The van der Waals surface area contributed by atoms with Crippen molar-refractivity contribution in [1.82, 2.24) is 9.78 Å². The van der Waals surface area contributed by atoms with E-state index in [0.717, 1.165) is 11.1 Å². The number of nitrogens with zero attached hydrogens (tertiary/aromatic N) is 2. The predicted molar refractivity (Wildman–Crippen MR) is 75.9 cm³/mol. The molecule has 2 heterocycles. The number of esters is 1. The van der Waals surface area contributed by atoms with E-state index in [-0.39, 0.29) is 12.3 Å². The molecule has 20 heavy (non-hydrogen) atoms. The summed E-state index contributed by atoms with van der Waals surface area (Å²) in [6.45, 7) is 1.84. The summed E-state index contributed by atoms with van der Waals surface area (Å²) in [7, 11) is 3.11. The third-order valence-corrected chi connectivity index (χ3v) is 3.81. The number of amides is 1. The zero-order valence-corrected chi connectivity index (χ0v) is 12.3. The summed E-state index contributed by atoms with van der Waals surface area (Å²) in [6, 6.07) is 0. The molecule has 0 aliphatic heterocycles. The van der Waals surface area contributed by atoms with E-state index in [1.807, 2.05) is 12.3 Å². The summed E-state index contributed by atoms with van der Waals surface area (Å²) in [4.78, 5) is 24.0. The molecule has 6 nitrogen and oxygen atoms in total. The lowest BCUT2D eigenvalue weighted by Gasteiger charge is -2.06. The van der Waals surface area contributed by atoms with E-state index in [0.29, 0.717) is 10.6 Å². The highest BCUT2D eigenvalue weighted by Crippen LogP contribution is 2.28. The van der Waals surface area contributed by atoms with Crippen molar-refractivity contribution in [2.45, 2.75) is 13.3 Å². The Labute approximate surface area is 120 Å². The number of hydrogen-bond acceptors (Lipinski definition) is 5. The largest absolute Gasteiger partial charge is 0.465 e. The highest BCUT2D eigenvalue weighted by atomic mass is 32.1. The van der Waals surface area contributed by atoms with Gasteiger partial charge in [0.25, 0.3) is 0 Å². The smallest absolute Gasteiger partial charge is 0.350 e. The van der Waals surface area contributed by atoms with Crippen LogP contribution in [0, 0.1) is 6.92 Å². The fourth-order valence-electron chi connectivity index (χ4n) is 1.77. The summed E-state index contributed by atoms with van der Waals surface area (Å²) < 4.78 is 6.34. The monoisotopic (exact) mass is 293 g/mol. The van der Waals surface area contributed by atoms with Gasteiger partial charge >= 0.3 is 5.97 Å². The number of hydrogen-bond donors (Lipinski definition) is 1. The normalized spacial score (nSPS) is 10.3. The molecule has 0 spiro atoms. The van der Waals surface area contributed by atoms with Crippen LogP contribution in [0.3, 0.4) is 0 Å². The average Bonchev–Trinajstić information content (AvgIpc) is 2.96. The maximum atomic E-state index is 12.0. The highest BCUT2D eigenvalue weighted by Gasteiger charge is 2.18. The van der Waals surface area contributed by atoms with Crippen LogP contribution in [-0.4, -0.2) is 28.8 Å². The van der Waals surface area contributed by atoms with Crippen molar-refractivity contribution < 1.29 is 14.3 Å². The standard InChI is InChI=1S/C13H15N3O3S/c1-8-7-20-12(13(18)19-3)11(8)15-10(17)4-9-5-14-16(2)6-9/h5-7H,4H2,1-3H3,(H,15,17). The van der Waals surface area contributed by atoms with Crippen molar-refractivity contribution in [2.24, 2.45) is 7.05 Å². The summed E-state index contributed by atoms with van der Waals surface area (Å²) in [6.07, 6.45) is 3.63. The van der Waals surface area contributed by atoms with Crippen LogP contribution in [0.4, 0.5) is 5.69 Å². The van der Waals surface area contributed by atoms with Gasteiger partial charge in [0.2, 0.25) is 5.91 Å². The zero-order chi connectivity index (χ0) is 14.7. The van der Waals surface area contributed by atoms with E-state index in [2.05, 4.69) is 10.4 Å². The molecule has 0 aromatic carbocycles. The van der Waals surface area contributed by atoms with E-state index >= 15 is 0 Å². The lowest BCUT2D eigenvalue weighted by atomic mass is 10.2. The fourth-order valence-corrected chi connectivity index (χ4v) is 2.70. The van der Waals surface area contributed by atoms with Crippen LogP contribution in [0.25, 0.3) is 0 Å². The number of aryl methyl sites for hydroxylation is 2. The fraction of sp³-hybridized carbons (Fsp3) is 0.308. The summed E-state index contributed by atoms with van der Waals surface area (Å²) >= 11 is 1.26. The van der Waals surface area contributed by atoms with Gasteiger partial charge < -0.3 is 10.1 Å². The van der Waals surface area contributed by atoms with E-state index in [9.17, 15) is 9.59 Å². The molecule has 2 aromatic rings. The molecule has 0 radical (unpaired) electrons. The van der Waals surface area contributed by atoms with Crippen molar-refractivity contribution >= 4 is 28.9 Å². The number of anilines is 1. The molecule has 0 fully saturated rings. The minimum atomic E-state index is -0.445. The number of aromatic nitrogens is 2. The molecule has 0 bridgehead atoms. The van der Waals surface area contributed by atoms with Crippen molar-refractivity contribution in [3.8, 4) is 0 Å². The minimum Gasteiger partial charge on any atom is -0.465 e. The molecule has 2 aromatic heterocycles. The van der Waals surface area contributed by atoms with Gasteiger partial charge in [0.15, 0.2) is 0 Å². The van der Waals surface area contributed by atoms with Gasteiger partial charge in [-0.05, 0) is 23.4 Å². The van der Waals surface area contributed by atoms with Gasteiger partial charge in [-0.1, -0.05) is 0 Å². The molecule has 7 heteroatoms. The Morgan fingerprint density at radius 2 is 2.25 bits per heavy atom. The lowest BCUT2D eigenvalue weighted by Crippen LogP contribution is -2.16. The summed E-state index contributed by atoms with van der Waals surface area (Å²) in [5.74, 6) is -0.635. The first-order chi connectivity index (χ1) is 9.51. The van der Waals surface area contributed by atoms with Crippen molar-refractivity contribution in [1.29, 1.82) is 0 Å². The van der Waals surface area contributed by atoms with Crippen LogP contribution >= 0.6 is 11.3 Å². The van der Waals surface area contributed by atoms with Gasteiger partial charge in [-0.15, -0.1) is 11.3 Å². The quantitative estimate of drug-likeness (QED) is 0.872. The van der Waals surface area contributed by atoms with Gasteiger partial charge in [-0.2, -0.15) is 5.10 Å². The number of methoxy groups -OCH3 is 1. The molecule has 2 rings (SSSR count). The Morgan fingerprint density at radius 1 is 1.50 bits per heavy atom. The second-order valence-electron chi connectivity index (χ2n) is 4.36. The first kappa shape index (κ1) is 14.3. The summed E-state index contributed by atoms with van der Waals surface area (Å²) in [5.41, 5.74) is 2.18. The van der Waals surface area contributed by atoms with E-state index in [1.54, 1.807) is 24.1 Å². The number of ether oxygens (including phenoxy) is 1. The van der Waals surface area contributed by atoms with Crippen LogP contribution in [0.1, 0.15) is 20.8 Å². The topological polar surface area (TPSA) is 73.2 Å². The van der Waals surface area contributed by atoms with Crippen LogP contribution < -0.4 is 5.32 Å². The zero-order valence-electron chi connectivity index (χ0n) is 11.5. The van der Waals surface area contributed by atoms with Crippen LogP contribution in [-0.2, 0) is 23.0 Å². The predicted octanol–water partition coefficient (Wildman–Crippen LogP) is 1.76. The Balaban J connectivity index is 2.11. The summed E-state index contributed by atoms with van der Waals surface area (Å²) in [5, 5.41) is 8.58. The van der Waals surface area contributed by atoms with Gasteiger partial charge in [0.05, 0.1) is 25.4 Å². The Bertz CT molecular complexity index is 645. The average molecular weight is 293 g/mol.